The SMILES string of the molecule is CC(=O)C1(CC(=O)[C@@H]([NH3+])C(C)C)CC1. The van der Waals surface area contributed by atoms with E-state index in [1.165, 1.54) is 0 Å². The Morgan fingerprint density at radius 3 is 2.14 bits per heavy atom. The van der Waals surface area contributed by atoms with Crippen molar-refractivity contribution in [3.8, 4) is 0 Å². The van der Waals surface area contributed by atoms with Gasteiger partial charge < -0.3 is 5.73 Å². The van der Waals surface area contributed by atoms with E-state index in [0.717, 1.165) is 12.8 Å². The van der Waals surface area contributed by atoms with Crippen LogP contribution >= 0.6 is 0 Å². The summed E-state index contributed by atoms with van der Waals surface area (Å²) in [5, 5.41) is 0. The van der Waals surface area contributed by atoms with Gasteiger partial charge in [-0.2, -0.15) is 0 Å². The molecule has 80 valence electrons. The third kappa shape index (κ3) is 2.21. The summed E-state index contributed by atoms with van der Waals surface area (Å²) in [5.41, 5.74) is 3.56. The Bertz CT molecular complexity index is 254. The van der Waals surface area contributed by atoms with Gasteiger partial charge in [0.05, 0.1) is 0 Å². The van der Waals surface area contributed by atoms with Gasteiger partial charge in [-0.1, -0.05) is 13.8 Å². The van der Waals surface area contributed by atoms with Crippen molar-refractivity contribution < 1.29 is 15.3 Å². The molecule has 0 heterocycles. The van der Waals surface area contributed by atoms with E-state index in [9.17, 15) is 9.59 Å². The van der Waals surface area contributed by atoms with Crippen molar-refractivity contribution in [1.29, 1.82) is 0 Å². The molecule has 0 aromatic rings. The summed E-state index contributed by atoms with van der Waals surface area (Å²) in [6, 6.07) is -0.160. The number of rotatable bonds is 5. The zero-order chi connectivity index (χ0) is 10.9. The molecule has 0 spiro atoms. The molecular weight excluding hydrogens is 178 g/mol. The molecule has 0 radical (unpaired) electrons. The lowest BCUT2D eigenvalue weighted by Gasteiger charge is -2.14. The van der Waals surface area contributed by atoms with Crippen LogP contribution in [0.25, 0.3) is 0 Å². The molecule has 1 saturated carbocycles. The Hall–Kier alpha value is -0.700. The number of Topliss-reactive ketones (excluding diaryl/α,β-unsaturated/α-hetero) is 2. The van der Waals surface area contributed by atoms with Crippen LogP contribution in [-0.2, 0) is 9.59 Å². The number of quaternary nitrogens is 1. The molecule has 0 saturated heterocycles. The lowest BCUT2D eigenvalue weighted by molar-refractivity contribution is -0.413. The van der Waals surface area contributed by atoms with Crippen molar-refractivity contribution in [3.63, 3.8) is 0 Å². The fourth-order valence-corrected chi connectivity index (χ4v) is 1.64. The van der Waals surface area contributed by atoms with Gasteiger partial charge in [0.1, 0.15) is 11.8 Å². The summed E-state index contributed by atoms with van der Waals surface area (Å²) in [7, 11) is 0. The average molecular weight is 198 g/mol. The first-order chi connectivity index (χ1) is 6.39. The second-order valence-electron chi connectivity index (χ2n) is 4.83. The van der Waals surface area contributed by atoms with Crippen molar-refractivity contribution in [2.75, 3.05) is 0 Å². The standard InChI is InChI=1S/C11H19NO2/c1-7(2)10(12)9(14)6-11(4-5-11)8(3)13/h7,10H,4-6,12H2,1-3H3/p+1/t10-/m0/s1. The maximum absolute atomic E-state index is 11.7. The van der Waals surface area contributed by atoms with E-state index >= 15 is 0 Å². The van der Waals surface area contributed by atoms with Crippen molar-refractivity contribution >= 4 is 11.6 Å². The Morgan fingerprint density at radius 2 is 1.86 bits per heavy atom. The van der Waals surface area contributed by atoms with Gasteiger partial charge in [0.15, 0.2) is 5.78 Å². The molecule has 0 amide bonds. The molecule has 0 unspecified atom stereocenters. The zero-order valence-electron chi connectivity index (χ0n) is 9.30. The smallest absolute Gasteiger partial charge is 0.190 e. The predicted molar refractivity (Wildman–Crippen MR) is 53.5 cm³/mol. The average Bonchev–Trinajstić information content (AvgIpc) is 2.84. The molecule has 0 aliphatic heterocycles. The summed E-state index contributed by atoms with van der Waals surface area (Å²) < 4.78 is 0. The molecule has 14 heavy (non-hydrogen) atoms. The molecule has 3 heteroatoms. The molecule has 3 nitrogen and oxygen atoms in total. The van der Waals surface area contributed by atoms with Gasteiger partial charge in [0.2, 0.25) is 0 Å². The minimum absolute atomic E-state index is 0.146. The molecule has 0 aromatic heterocycles. The molecule has 1 aliphatic rings. The highest BCUT2D eigenvalue weighted by molar-refractivity contribution is 5.93. The number of carbonyl (C=O) groups is 2. The van der Waals surface area contributed by atoms with Gasteiger partial charge in [0, 0.05) is 17.8 Å². The van der Waals surface area contributed by atoms with Crippen LogP contribution in [0.4, 0.5) is 0 Å². The van der Waals surface area contributed by atoms with E-state index in [1.54, 1.807) is 6.92 Å². The molecule has 1 aliphatic carbocycles. The highest BCUT2D eigenvalue weighted by Crippen LogP contribution is 2.49. The summed E-state index contributed by atoms with van der Waals surface area (Å²) in [6.07, 6.45) is 2.19. The summed E-state index contributed by atoms with van der Waals surface area (Å²) in [5.74, 6) is 0.583. The van der Waals surface area contributed by atoms with Gasteiger partial charge in [-0.15, -0.1) is 0 Å². The fraction of sp³-hybridized carbons (Fsp3) is 0.818. The largest absolute Gasteiger partial charge is 0.349 e. The topological polar surface area (TPSA) is 61.8 Å². The van der Waals surface area contributed by atoms with Crippen LogP contribution in [0.1, 0.15) is 40.0 Å². The van der Waals surface area contributed by atoms with Gasteiger partial charge in [-0.05, 0) is 19.8 Å². The zero-order valence-corrected chi connectivity index (χ0v) is 9.30. The van der Waals surface area contributed by atoms with E-state index in [2.05, 4.69) is 5.73 Å². The Kier molecular flexibility index (Phi) is 3.10. The first kappa shape index (κ1) is 11.4. The Labute approximate surface area is 85.0 Å². The summed E-state index contributed by atoms with van der Waals surface area (Å²) in [6.45, 7) is 5.57. The van der Waals surface area contributed by atoms with Crippen molar-refractivity contribution in [3.05, 3.63) is 0 Å². The van der Waals surface area contributed by atoms with E-state index in [0.29, 0.717) is 6.42 Å². The van der Waals surface area contributed by atoms with Gasteiger partial charge in [0.25, 0.3) is 0 Å². The van der Waals surface area contributed by atoms with E-state index in [4.69, 9.17) is 0 Å². The van der Waals surface area contributed by atoms with Crippen LogP contribution in [0.5, 0.6) is 0 Å². The highest BCUT2D eigenvalue weighted by Gasteiger charge is 2.49. The summed E-state index contributed by atoms with van der Waals surface area (Å²) in [4.78, 5) is 23.0. The van der Waals surface area contributed by atoms with Crippen molar-refractivity contribution in [2.24, 2.45) is 11.3 Å². The normalized spacial score (nSPS) is 20.6. The van der Waals surface area contributed by atoms with E-state index in [-0.39, 0.29) is 28.9 Å². The Morgan fingerprint density at radius 1 is 1.36 bits per heavy atom. The first-order valence-electron chi connectivity index (χ1n) is 5.26. The van der Waals surface area contributed by atoms with E-state index < -0.39 is 0 Å². The summed E-state index contributed by atoms with van der Waals surface area (Å²) >= 11 is 0. The van der Waals surface area contributed by atoms with Gasteiger partial charge >= 0.3 is 0 Å². The molecule has 3 N–H and O–H groups in total. The van der Waals surface area contributed by atoms with E-state index in [1.807, 2.05) is 13.8 Å². The quantitative estimate of drug-likeness (QED) is 0.702. The minimum Gasteiger partial charge on any atom is -0.349 e. The van der Waals surface area contributed by atoms with Crippen molar-refractivity contribution in [2.45, 2.75) is 46.1 Å². The molecule has 1 atom stereocenters. The maximum atomic E-state index is 11.7. The molecule has 0 bridgehead atoms. The maximum Gasteiger partial charge on any atom is 0.190 e. The van der Waals surface area contributed by atoms with Crippen LogP contribution in [0.3, 0.4) is 0 Å². The fourth-order valence-electron chi connectivity index (χ4n) is 1.64. The second-order valence-corrected chi connectivity index (χ2v) is 4.83. The molecular formula is C11H20NO2+. The minimum atomic E-state index is -0.290. The lowest BCUT2D eigenvalue weighted by Crippen LogP contribution is -2.67. The third-order valence-corrected chi connectivity index (χ3v) is 3.33. The molecule has 0 aromatic carbocycles. The highest BCUT2D eigenvalue weighted by atomic mass is 16.1. The molecule has 1 rings (SSSR count). The van der Waals surface area contributed by atoms with Gasteiger partial charge in [-0.3, -0.25) is 9.59 Å². The Balaban J connectivity index is 2.53. The van der Waals surface area contributed by atoms with Crippen LogP contribution in [0.2, 0.25) is 0 Å². The number of ketones is 2. The third-order valence-electron chi connectivity index (χ3n) is 3.33. The van der Waals surface area contributed by atoms with Crippen LogP contribution < -0.4 is 5.73 Å². The molecule has 1 fully saturated rings. The second kappa shape index (κ2) is 3.81. The first-order valence-corrected chi connectivity index (χ1v) is 5.26. The number of hydrogen-bond acceptors (Lipinski definition) is 2. The lowest BCUT2D eigenvalue weighted by atomic mass is 9.89. The van der Waals surface area contributed by atoms with Crippen LogP contribution in [-0.4, -0.2) is 17.6 Å². The predicted octanol–water partition coefficient (Wildman–Crippen LogP) is 0.581. The monoisotopic (exact) mass is 198 g/mol. The van der Waals surface area contributed by atoms with Crippen LogP contribution in [0.15, 0.2) is 0 Å². The number of hydrogen-bond donors (Lipinski definition) is 1. The van der Waals surface area contributed by atoms with Crippen molar-refractivity contribution in [1.82, 2.24) is 0 Å². The van der Waals surface area contributed by atoms with Crippen LogP contribution in [0, 0.1) is 11.3 Å². The van der Waals surface area contributed by atoms with Gasteiger partial charge in [-0.25, -0.2) is 0 Å². The number of carbonyl (C=O) groups excluding carboxylic acids is 2.